The van der Waals surface area contributed by atoms with E-state index in [0.717, 1.165) is 18.9 Å². The molecular formula is C31H31F3N4O2S. The van der Waals surface area contributed by atoms with Crippen LogP contribution in [0.4, 0.5) is 19.0 Å². The number of halogens is 3. The Bertz CT molecular complexity index is 1560. The molecule has 1 aliphatic heterocycles. The van der Waals surface area contributed by atoms with Gasteiger partial charge < -0.3 is 15.0 Å². The second-order valence-electron chi connectivity index (χ2n) is 10.7. The minimum Gasteiger partial charge on any atom is -0.356 e. The van der Waals surface area contributed by atoms with Gasteiger partial charge in [0.25, 0.3) is 5.91 Å². The maximum atomic E-state index is 15.9. The highest BCUT2D eigenvalue weighted by Gasteiger charge is 2.23. The molecule has 1 aliphatic rings. The second kappa shape index (κ2) is 12.5. The van der Waals surface area contributed by atoms with Crippen LogP contribution in [0.1, 0.15) is 41.9 Å². The Morgan fingerprint density at radius 1 is 1.12 bits per heavy atom. The van der Waals surface area contributed by atoms with Crippen LogP contribution < -0.4 is 10.2 Å². The van der Waals surface area contributed by atoms with Crippen molar-refractivity contribution in [2.45, 2.75) is 44.9 Å². The Kier molecular flexibility index (Phi) is 8.79. The van der Waals surface area contributed by atoms with Crippen molar-refractivity contribution in [3.63, 3.8) is 0 Å². The van der Waals surface area contributed by atoms with Gasteiger partial charge in [-0.25, -0.2) is 9.37 Å². The Labute approximate surface area is 242 Å². The summed E-state index contributed by atoms with van der Waals surface area (Å²) in [7, 11) is 0. The monoisotopic (exact) mass is 580 g/mol. The lowest BCUT2D eigenvalue weighted by atomic mass is 9.92. The molecule has 0 spiro atoms. The molecule has 2 aromatic heterocycles. The third-order valence-electron chi connectivity index (χ3n) is 7.14. The fourth-order valence-corrected chi connectivity index (χ4v) is 5.74. The number of piperidine rings is 1. The van der Waals surface area contributed by atoms with Gasteiger partial charge in [0, 0.05) is 46.1 Å². The number of ether oxygens (including phenoxy) is 1. The van der Waals surface area contributed by atoms with Gasteiger partial charge in [-0.3, -0.25) is 9.78 Å². The van der Waals surface area contributed by atoms with Crippen molar-refractivity contribution in [2.24, 2.45) is 11.8 Å². The molecule has 1 N–H and O–H groups in total. The van der Waals surface area contributed by atoms with Crippen molar-refractivity contribution in [2.75, 3.05) is 18.0 Å². The maximum Gasteiger partial charge on any atom is 0.345 e. The Morgan fingerprint density at radius 2 is 1.90 bits per heavy atom. The molecule has 0 radical (unpaired) electrons. The Morgan fingerprint density at radius 3 is 2.66 bits per heavy atom. The molecule has 3 heterocycles. The van der Waals surface area contributed by atoms with Crippen molar-refractivity contribution in [3.8, 4) is 11.3 Å². The van der Waals surface area contributed by atoms with Gasteiger partial charge >= 0.3 is 6.61 Å². The van der Waals surface area contributed by atoms with Gasteiger partial charge in [0.15, 0.2) is 0 Å². The molecular weight excluding hydrogens is 549 g/mol. The van der Waals surface area contributed by atoms with Crippen molar-refractivity contribution < 1.29 is 22.7 Å². The van der Waals surface area contributed by atoms with Crippen molar-refractivity contribution in [1.29, 1.82) is 0 Å². The average Bonchev–Trinajstić information content (AvgIpc) is 2.94. The zero-order chi connectivity index (χ0) is 29.1. The van der Waals surface area contributed by atoms with Crippen LogP contribution in [0.25, 0.3) is 22.0 Å². The van der Waals surface area contributed by atoms with Gasteiger partial charge in [-0.1, -0.05) is 26.0 Å². The minimum atomic E-state index is -2.92. The van der Waals surface area contributed by atoms with E-state index >= 15 is 4.39 Å². The number of hydrogen-bond acceptors (Lipinski definition) is 6. The molecule has 41 heavy (non-hydrogen) atoms. The molecule has 0 bridgehead atoms. The van der Waals surface area contributed by atoms with E-state index in [0.29, 0.717) is 50.0 Å². The predicted molar refractivity (Wildman–Crippen MR) is 156 cm³/mol. The number of anilines is 1. The lowest BCUT2D eigenvalue weighted by molar-refractivity contribution is -0.137. The number of carbonyl (C=O) groups is 1. The highest BCUT2D eigenvalue weighted by atomic mass is 32.1. The molecule has 4 aromatic rings. The maximum absolute atomic E-state index is 15.9. The molecule has 214 valence electrons. The normalized spacial score (nSPS) is 17.3. The zero-order valence-corrected chi connectivity index (χ0v) is 23.7. The molecule has 10 heteroatoms. The zero-order valence-electron chi connectivity index (χ0n) is 22.8. The largest absolute Gasteiger partial charge is 0.356 e. The molecule has 2 atom stereocenters. The van der Waals surface area contributed by atoms with E-state index in [1.54, 1.807) is 24.4 Å². The van der Waals surface area contributed by atoms with Gasteiger partial charge in [0.1, 0.15) is 11.6 Å². The first-order valence-corrected chi connectivity index (χ1v) is 13.9. The molecule has 2 unspecified atom stereocenters. The van der Waals surface area contributed by atoms with E-state index in [1.165, 1.54) is 18.6 Å². The number of amides is 1. The lowest BCUT2D eigenvalue weighted by Gasteiger charge is -2.36. The number of nitrogens with one attached hydrogen (secondary N) is 1. The topological polar surface area (TPSA) is 67.4 Å². The summed E-state index contributed by atoms with van der Waals surface area (Å²) in [4.78, 5) is 24.7. The average molecular weight is 581 g/mol. The van der Waals surface area contributed by atoms with Crippen LogP contribution in [0.5, 0.6) is 0 Å². The fourth-order valence-electron chi connectivity index (χ4n) is 5.44. The van der Waals surface area contributed by atoms with Crippen LogP contribution in [-0.4, -0.2) is 35.6 Å². The van der Waals surface area contributed by atoms with Crippen LogP contribution in [-0.2, 0) is 17.9 Å². The number of hydrogen-bond donors (Lipinski definition) is 2. The summed E-state index contributed by atoms with van der Waals surface area (Å²) in [5.74, 6) is 1.12. The van der Waals surface area contributed by atoms with E-state index in [1.807, 2.05) is 24.3 Å². The van der Waals surface area contributed by atoms with Crippen LogP contribution in [0, 0.1) is 17.7 Å². The summed E-state index contributed by atoms with van der Waals surface area (Å²) in [6.07, 6.45) is 2.75. The molecule has 1 amide bonds. The van der Waals surface area contributed by atoms with E-state index < -0.39 is 18.3 Å². The first-order chi connectivity index (χ1) is 19.7. The molecule has 1 fully saturated rings. The first-order valence-electron chi connectivity index (χ1n) is 13.5. The quantitative estimate of drug-likeness (QED) is 0.223. The molecule has 2 aromatic carbocycles. The lowest BCUT2D eigenvalue weighted by Crippen LogP contribution is -2.39. The SMILES string of the molecule is CC1CC(C)CN(c2cccc(-c3ccc4cnc(CNC(=O)c5cc(S)cc(COC(F)F)c5)cc4c3F)n2)C1. The highest BCUT2D eigenvalue weighted by Crippen LogP contribution is 2.31. The number of alkyl halides is 2. The molecule has 5 rings (SSSR count). The van der Waals surface area contributed by atoms with Gasteiger partial charge in [0.05, 0.1) is 24.5 Å². The van der Waals surface area contributed by atoms with Gasteiger partial charge in [0.2, 0.25) is 0 Å². The minimum absolute atomic E-state index is 0.0389. The molecule has 0 saturated carbocycles. The van der Waals surface area contributed by atoms with Crippen molar-refractivity contribution in [1.82, 2.24) is 15.3 Å². The smallest absolute Gasteiger partial charge is 0.345 e. The van der Waals surface area contributed by atoms with Gasteiger partial charge in [-0.15, -0.1) is 12.6 Å². The molecule has 6 nitrogen and oxygen atoms in total. The Balaban J connectivity index is 1.34. The summed E-state index contributed by atoms with van der Waals surface area (Å²) in [6.45, 7) is 3.09. The third-order valence-corrected chi connectivity index (χ3v) is 7.40. The van der Waals surface area contributed by atoms with Crippen LogP contribution in [0.3, 0.4) is 0 Å². The van der Waals surface area contributed by atoms with Crippen LogP contribution in [0.2, 0.25) is 0 Å². The number of rotatable bonds is 8. The first kappa shape index (κ1) is 28.9. The molecule has 1 saturated heterocycles. The summed E-state index contributed by atoms with van der Waals surface area (Å²) in [5.41, 5.74) is 2.04. The number of aromatic nitrogens is 2. The van der Waals surface area contributed by atoms with E-state index in [-0.39, 0.29) is 18.7 Å². The van der Waals surface area contributed by atoms with Crippen molar-refractivity contribution in [3.05, 3.63) is 83.4 Å². The summed E-state index contributed by atoms with van der Waals surface area (Å²) in [5, 5.41) is 3.75. The van der Waals surface area contributed by atoms with Crippen LogP contribution in [0.15, 0.2) is 65.7 Å². The van der Waals surface area contributed by atoms with Gasteiger partial charge in [-0.2, -0.15) is 8.78 Å². The van der Waals surface area contributed by atoms with E-state index in [4.69, 9.17) is 4.98 Å². The number of pyridine rings is 2. The number of fused-ring (bicyclic) bond motifs is 1. The number of nitrogens with zero attached hydrogens (tertiary/aromatic N) is 3. The third kappa shape index (κ3) is 7.00. The second-order valence-corrected chi connectivity index (χ2v) is 11.2. The number of benzene rings is 2. The van der Waals surface area contributed by atoms with Crippen LogP contribution >= 0.6 is 12.6 Å². The van der Waals surface area contributed by atoms with E-state index in [9.17, 15) is 13.6 Å². The number of carbonyl (C=O) groups excluding carboxylic acids is 1. The fraction of sp³-hybridized carbons (Fsp3) is 0.323. The molecule has 0 aliphatic carbocycles. The van der Waals surface area contributed by atoms with E-state index in [2.05, 4.69) is 46.4 Å². The standard InChI is InChI=1S/C31H31F3N4O2S/c1-18-8-19(2)16-38(15-18)28-5-3-4-27(37-28)25-7-6-21-13-35-23(12-26(21)29(25)32)14-36-30(39)22-9-20(10-24(41)11-22)17-40-31(33)34/h3-7,9-13,18-19,31,41H,8,14-17H2,1-2H3,(H,36,39). The number of thiol groups is 1. The van der Waals surface area contributed by atoms with Crippen molar-refractivity contribution >= 4 is 35.1 Å². The highest BCUT2D eigenvalue weighted by molar-refractivity contribution is 7.80. The predicted octanol–water partition coefficient (Wildman–Crippen LogP) is 6.88. The summed E-state index contributed by atoms with van der Waals surface area (Å²) >= 11 is 4.25. The Hall–Kier alpha value is -3.63. The van der Waals surface area contributed by atoms with Gasteiger partial charge in [-0.05, 0) is 66.3 Å². The summed E-state index contributed by atoms with van der Waals surface area (Å²) in [6, 6.07) is 15.4. The summed E-state index contributed by atoms with van der Waals surface area (Å²) < 4.78 is 45.0.